The molecule has 0 aliphatic heterocycles. The second-order valence-corrected chi connectivity index (χ2v) is 6.33. The first-order chi connectivity index (χ1) is 10.4. The van der Waals surface area contributed by atoms with Crippen LogP contribution < -0.4 is 15.4 Å². The van der Waals surface area contributed by atoms with Gasteiger partial charge in [-0.2, -0.15) is 0 Å². The highest BCUT2D eigenvalue weighted by molar-refractivity contribution is 7.89. The van der Waals surface area contributed by atoms with Crippen molar-refractivity contribution in [3.8, 4) is 0 Å². The number of amides is 2. The Labute approximate surface area is 130 Å². The Morgan fingerprint density at radius 2 is 1.68 bits per heavy atom. The highest BCUT2D eigenvalue weighted by atomic mass is 32.2. The molecule has 0 heterocycles. The minimum atomic E-state index is -3.53. The van der Waals surface area contributed by atoms with Crippen molar-refractivity contribution in [2.45, 2.75) is 25.2 Å². The molecule has 0 saturated carbocycles. The lowest BCUT2D eigenvalue weighted by Crippen LogP contribution is -2.37. The maximum atomic E-state index is 11.9. The third-order valence-corrected chi connectivity index (χ3v) is 4.30. The van der Waals surface area contributed by atoms with E-state index in [9.17, 15) is 18.0 Å². The maximum Gasteiger partial charge on any atom is 0.251 e. The Balaban J connectivity index is 2.63. The van der Waals surface area contributed by atoms with E-state index < -0.39 is 15.9 Å². The molecule has 1 rings (SSSR count). The van der Waals surface area contributed by atoms with Crippen molar-refractivity contribution in [2.24, 2.45) is 0 Å². The van der Waals surface area contributed by atoms with Gasteiger partial charge >= 0.3 is 0 Å². The lowest BCUT2D eigenvalue weighted by atomic mass is 10.2. The average molecular weight is 327 g/mol. The fraction of sp³-hybridized carbons (Fsp3) is 0.429. The molecular formula is C14H21N3O4S. The second-order valence-electron chi connectivity index (χ2n) is 4.56. The zero-order valence-electron chi connectivity index (χ0n) is 12.7. The average Bonchev–Trinajstić information content (AvgIpc) is 2.50. The third-order valence-electron chi connectivity index (χ3n) is 2.74. The molecule has 3 N–H and O–H groups in total. The van der Waals surface area contributed by atoms with Gasteiger partial charge in [0.1, 0.15) is 0 Å². The molecule has 0 aliphatic rings. The van der Waals surface area contributed by atoms with Crippen LogP contribution in [-0.4, -0.2) is 39.9 Å². The van der Waals surface area contributed by atoms with Crippen LogP contribution in [0.25, 0.3) is 0 Å². The molecule has 2 amide bonds. The van der Waals surface area contributed by atoms with E-state index in [0.717, 1.165) is 6.42 Å². The molecule has 1 aromatic rings. The number of benzene rings is 1. The van der Waals surface area contributed by atoms with Crippen molar-refractivity contribution in [1.82, 2.24) is 15.4 Å². The summed E-state index contributed by atoms with van der Waals surface area (Å²) < 4.78 is 25.9. The zero-order chi connectivity index (χ0) is 16.6. The molecule has 0 aliphatic carbocycles. The number of carbonyl (C=O) groups excluding carboxylic acids is 2. The molecule has 0 aromatic heterocycles. The van der Waals surface area contributed by atoms with E-state index in [-0.39, 0.29) is 23.9 Å². The van der Waals surface area contributed by atoms with Gasteiger partial charge in [0, 0.05) is 18.7 Å². The van der Waals surface area contributed by atoms with Crippen LogP contribution in [0.5, 0.6) is 0 Å². The number of sulfonamides is 1. The number of hydrogen-bond donors (Lipinski definition) is 3. The fourth-order valence-electron chi connectivity index (χ4n) is 1.65. The largest absolute Gasteiger partial charge is 0.355 e. The molecule has 7 nitrogen and oxygen atoms in total. The fourth-order valence-corrected chi connectivity index (χ4v) is 2.69. The minimum Gasteiger partial charge on any atom is -0.355 e. The number of hydrogen-bond acceptors (Lipinski definition) is 4. The SMILES string of the molecule is CCCNC(=O)CNC(=O)c1ccc(S(=O)(=O)NCC)cc1. The van der Waals surface area contributed by atoms with Crippen LogP contribution in [0, 0.1) is 0 Å². The van der Waals surface area contributed by atoms with Gasteiger partial charge in [-0.15, -0.1) is 0 Å². The Morgan fingerprint density at radius 1 is 1.05 bits per heavy atom. The molecule has 0 bridgehead atoms. The van der Waals surface area contributed by atoms with Crippen molar-refractivity contribution in [3.63, 3.8) is 0 Å². The Kier molecular flexibility index (Phi) is 7.00. The van der Waals surface area contributed by atoms with Gasteiger partial charge in [-0.05, 0) is 30.7 Å². The number of rotatable bonds is 8. The zero-order valence-corrected chi connectivity index (χ0v) is 13.5. The van der Waals surface area contributed by atoms with E-state index in [1.54, 1.807) is 6.92 Å². The van der Waals surface area contributed by atoms with Crippen LogP contribution in [0.1, 0.15) is 30.6 Å². The molecule has 0 atom stereocenters. The van der Waals surface area contributed by atoms with Gasteiger partial charge in [-0.3, -0.25) is 9.59 Å². The van der Waals surface area contributed by atoms with Crippen LogP contribution in [0.2, 0.25) is 0 Å². The highest BCUT2D eigenvalue weighted by Crippen LogP contribution is 2.10. The first-order valence-corrected chi connectivity index (χ1v) is 8.53. The third kappa shape index (κ3) is 5.45. The van der Waals surface area contributed by atoms with Gasteiger partial charge in [0.25, 0.3) is 5.91 Å². The summed E-state index contributed by atoms with van der Waals surface area (Å²) in [6.07, 6.45) is 0.821. The van der Waals surface area contributed by atoms with Gasteiger partial charge in [0.2, 0.25) is 15.9 Å². The van der Waals surface area contributed by atoms with Crippen molar-refractivity contribution in [1.29, 1.82) is 0 Å². The van der Waals surface area contributed by atoms with E-state index >= 15 is 0 Å². The van der Waals surface area contributed by atoms with Gasteiger partial charge in [0.15, 0.2) is 0 Å². The monoisotopic (exact) mass is 327 g/mol. The van der Waals surface area contributed by atoms with Gasteiger partial charge in [-0.25, -0.2) is 13.1 Å². The summed E-state index contributed by atoms with van der Waals surface area (Å²) in [7, 11) is -3.53. The molecule has 0 spiro atoms. The first-order valence-electron chi connectivity index (χ1n) is 7.05. The lowest BCUT2D eigenvalue weighted by Gasteiger charge is -2.07. The summed E-state index contributed by atoms with van der Waals surface area (Å²) in [5.74, 6) is -0.694. The van der Waals surface area contributed by atoms with Gasteiger partial charge in [0.05, 0.1) is 11.4 Å². The molecule has 0 unspecified atom stereocenters. The molecule has 0 fully saturated rings. The molecule has 1 aromatic carbocycles. The molecule has 122 valence electrons. The van der Waals surface area contributed by atoms with Crippen LogP contribution in [0.3, 0.4) is 0 Å². The predicted molar refractivity (Wildman–Crippen MR) is 82.9 cm³/mol. The maximum absolute atomic E-state index is 11.9. The molecule has 0 saturated heterocycles. The van der Waals surface area contributed by atoms with Gasteiger partial charge < -0.3 is 10.6 Å². The molecular weight excluding hydrogens is 306 g/mol. The van der Waals surface area contributed by atoms with Crippen molar-refractivity contribution in [3.05, 3.63) is 29.8 Å². The van der Waals surface area contributed by atoms with E-state index in [4.69, 9.17) is 0 Å². The first kappa shape index (κ1) is 18.1. The topological polar surface area (TPSA) is 104 Å². The van der Waals surface area contributed by atoms with E-state index in [2.05, 4.69) is 15.4 Å². The number of carbonyl (C=O) groups is 2. The summed E-state index contributed by atoms with van der Waals surface area (Å²) in [4.78, 5) is 23.3. The highest BCUT2D eigenvalue weighted by Gasteiger charge is 2.14. The van der Waals surface area contributed by atoms with Crippen LogP contribution in [-0.2, 0) is 14.8 Å². The summed E-state index contributed by atoms with van der Waals surface area (Å²) in [5.41, 5.74) is 0.290. The smallest absolute Gasteiger partial charge is 0.251 e. The standard InChI is InChI=1S/C14H21N3O4S/c1-3-9-15-13(18)10-16-14(19)11-5-7-12(8-6-11)22(20,21)17-4-2/h5-8,17H,3-4,9-10H2,1-2H3,(H,15,18)(H,16,19). The van der Waals surface area contributed by atoms with Crippen LogP contribution in [0.4, 0.5) is 0 Å². The number of nitrogens with one attached hydrogen (secondary N) is 3. The van der Waals surface area contributed by atoms with E-state index in [1.807, 2.05) is 6.92 Å². The Morgan fingerprint density at radius 3 is 2.23 bits per heavy atom. The summed E-state index contributed by atoms with van der Waals surface area (Å²) in [5, 5.41) is 5.12. The summed E-state index contributed by atoms with van der Waals surface area (Å²) >= 11 is 0. The van der Waals surface area contributed by atoms with Crippen molar-refractivity contribution >= 4 is 21.8 Å². The second kappa shape index (κ2) is 8.50. The quantitative estimate of drug-likeness (QED) is 0.636. The van der Waals surface area contributed by atoms with Crippen molar-refractivity contribution < 1.29 is 18.0 Å². The van der Waals surface area contributed by atoms with E-state index in [0.29, 0.717) is 12.1 Å². The predicted octanol–water partition coefficient (Wildman–Crippen LogP) is 0.241. The Bertz CT molecular complexity index is 611. The molecule has 0 radical (unpaired) electrons. The van der Waals surface area contributed by atoms with Crippen LogP contribution in [0.15, 0.2) is 29.2 Å². The normalized spacial score (nSPS) is 11.0. The Hall–Kier alpha value is -1.93. The molecule has 22 heavy (non-hydrogen) atoms. The lowest BCUT2D eigenvalue weighted by molar-refractivity contribution is -0.120. The summed E-state index contributed by atoms with van der Waals surface area (Å²) in [6, 6.07) is 5.52. The minimum absolute atomic E-state index is 0.0894. The summed E-state index contributed by atoms with van der Waals surface area (Å²) in [6.45, 7) is 4.35. The van der Waals surface area contributed by atoms with Gasteiger partial charge in [-0.1, -0.05) is 13.8 Å². The van der Waals surface area contributed by atoms with Crippen molar-refractivity contribution in [2.75, 3.05) is 19.6 Å². The molecule has 8 heteroatoms. The van der Waals surface area contributed by atoms with Crippen LogP contribution >= 0.6 is 0 Å². The van der Waals surface area contributed by atoms with E-state index in [1.165, 1.54) is 24.3 Å².